The molecule has 0 radical (unpaired) electrons. The Hall–Kier alpha value is -0.670. The maximum absolute atomic E-state index is 5.68. The van der Waals surface area contributed by atoms with Crippen LogP contribution in [0.1, 0.15) is 31.9 Å². The Kier molecular flexibility index (Phi) is 4.95. The average molecular weight is 265 g/mol. The Labute approximate surface area is 114 Å². The lowest BCUT2D eigenvalue weighted by atomic mass is 9.92. The van der Waals surface area contributed by atoms with Crippen LogP contribution in [0.3, 0.4) is 0 Å². The minimum Gasteiger partial charge on any atom is -0.491 e. The second-order valence-corrected chi connectivity index (χ2v) is 6.28. The first-order valence-corrected chi connectivity index (χ1v) is 7.88. The molecule has 2 nitrogen and oxygen atoms in total. The van der Waals surface area contributed by atoms with Crippen LogP contribution in [0.2, 0.25) is 0 Å². The highest BCUT2D eigenvalue weighted by molar-refractivity contribution is 7.99. The molecule has 0 amide bonds. The van der Waals surface area contributed by atoms with Gasteiger partial charge in [-0.05, 0) is 62.4 Å². The molecule has 0 aliphatic carbocycles. The Morgan fingerprint density at radius 3 is 2.50 bits per heavy atom. The van der Waals surface area contributed by atoms with E-state index in [0.717, 1.165) is 11.7 Å². The van der Waals surface area contributed by atoms with Crippen molar-refractivity contribution < 1.29 is 4.74 Å². The van der Waals surface area contributed by atoms with Crippen molar-refractivity contribution in [3.63, 3.8) is 0 Å². The largest absolute Gasteiger partial charge is 0.491 e. The van der Waals surface area contributed by atoms with Crippen molar-refractivity contribution in [2.45, 2.75) is 32.4 Å². The lowest BCUT2D eigenvalue weighted by Gasteiger charge is -2.23. The van der Waals surface area contributed by atoms with Gasteiger partial charge in [0, 0.05) is 6.04 Å². The Bertz CT molecular complexity index is 357. The van der Waals surface area contributed by atoms with E-state index in [1.54, 1.807) is 0 Å². The predicted octanol–water partition coefficient (Wildman–Crippen LogP) is 3.49. The summed E-state index contributed by atoms with van der Waals surface area (Å²) in [6, 6.07) is 9.04. The van der Waals surface area contributed by atoms with Crippen LogP contribution in [0.4, 0.5) is 0 Å². The second kappa shape index (κ2) is 6.48. The monoisotopic (exact) mass is 265 g/mol. The van der Waals surface area contributed by atoms with E-state index in [-0.39, 0.29) is 6.10 Å². The first-order valence-electron chi connectivity index (χ1n) is 6.72. The molecule has 3 heteroatoms. The third kappa shape index (κ3) is 3.42. The average Bonchev–Trinajstić information content (AvgIpc) is 2.85. The quantitative estimate of drug-likeness (QED) is 0.880. The Morgan fingerprint density at radius 2 is 2.00 bits per heavy atom. The van der Waals surface area contributed by atoms with Gasteiger partial charge in [0.25, 0.3) is 0 Å². The van der Waals surface area contributed by atoms with Crippen molar-refractivity contribution in [3.05, 3.63) is 29.8 Å². The van der Waals surface area contributed by atoms with Crippen LogP contribution in [0.5, 0.6) is 5.75 Å². The van der Waals surface area contributed by atoms with Crippen LogP contribution >= 0.6 is 11.8 Å². The Morgan fingerprint density at radius 1 is 1.28 bits per heavy atom. The fourth-order valence-corrected chi connectivity index (χ4v) is 3.81. The molecule has 1 fully saturated rings. The maximum Gasteiger partial charge on any atom is 0.119 e. The van der Waals surface area contributed by atoms with Crippen LogP contribution in [-0.4, -0.2) is 24.7 Å². The van der Waals surface area contributed by atoms with Gasteiger partial charge in [-0.3, -0.25) is 0 Å². The third-order valence-electron chi connectivity index (χ3n) is 3.36. The van der Waals surface area contributed by atoms with Crippen LogP contribution in [0.25, 0.3) is 0 Å². The molecule has 1 aromatic rings. The van der Waals surface area contributed by atoms with E-state index in [4.69, 9.17) is 4.74 Å². The number of hydrogen-bond acceptors (Lipinski definition) is 3. The molecule has 0 aromatic heterocycles. The van der Waals surface area contributed by atoms with Gasteiger partial charge in [-0.15, -0.1) is 0 Å². The molecule has 2 atom stereocenters. The molecule has 1 aliphatic heterocycles. The van der Waals surface area contributed by atoms with Crippen LogP contribution in [0.15, 0.2) is 24.3 Å². The molecule has 1 saturated heterocycles. The molecular formula is C15H23NOS. The second-order valence-electron chi connectivity index (χ2n) is 5.13. The molecular weight excluding hydrogens is 242 g/mol. The molecule has 0 spiro atoms. The number of nitrogens with one attached hydrogen (secondary N) is 1. The molecule has 0 saturated carbocycles. The maximum atomic E-state index is 5.68. The highest BCUT2D eigenvalue weighted by Crippen LogP contribution is 2.34. The van der Waals surface area contributed by atoms with E-state index in [1.807, 2.05) is 0 Å². The zero-order chi connectivity index (χ0) is 13.0. The summed E-state index contributed by atoms with van der Waals surface area (Å²) < 4.78 is 5.68. The van der Waals surface area contributed by atoms with Crippen molar-refractivity contribution >= 4 is 11.8 Å². The van der Waals surface area contributed by atoms with E-state index < -0.39 is 0 Å². The lowest BCUT2D eigenvalue weighted by Crippen LogP contribution is -2.25. The molecule has 100 valence electrons. The van der Waals surface area contributed by atoms with Gasteiger partial charge in [0.2, 0.25) is 0 Å². The first-order chi connectivity index (χ1) is 8.70. The molecule has 1 N–H and O–H groups in total. The summed E-state index contributed by atoms with van der Waals surface area (Å²) in [4.78, 5) is 0. The molecule has 2 rings (SSSR count). The summed E-state index contributed by atoms with van der Waals surface area (Å²) in [6.07, 6.45) is 1.56. The van der Waals surface area contributed by atoms with Crippen molar-refractivity contribution in [2.24, 2.45) is 5.92 Å². The lowest BCUT2D eigenvalue weighted by molar-refractivity contribution is 0.242. The molecule has 0 bridgehead atoms. The van der Waals surface area contributed by atoms with Gasteiger partial charge in [0.05, 0.1) is 6.10 Å². The van der Waals surface area contributed by atoms with Gasteiger partial charge in [-0.2, -0.15) is 11.8 Å². The molecule has 18 heavy (non-hydrogen) atoms. The first kappa shape index (κ1) is 13.8. The number of ether oxygens (including phenoxy) is 1. The van der Waals surface area contributed by atoms with E-state index in [1.165, 1.54) is 23.5 Å². The van der Waals surface area contributed by atoms with Crippen LogP contribution in [-0.2, 0) is 0 Å². The minimum atomic E-state index is 0.238. The summed E-state index contributed by atoms with van der Waals surface area (Å²) >= 11 is 2.07. The summed E-state index contributed by atoms with van der Waals surface area (Å²) in [7, 11) is 2.06. The van der Waals surface area contributed by atoms with E-state index in [2.05, 4.69) is 62.2 Å². The third-order valence-corrected chi connectivity index (χ3v) is 4.55. The summed E-state index contributed by atoms with van der Waals surface area (Å²) in [5.41, 5.74) is 1.38. The summed E-state index contributed by atoms with van der Waals surface area (Å²) in [5, 5.41) is 3.47. The summed E-state index contributed by atoms with van der Waals surface area (Å²) in [5.74, 6) is 4.30. The van der Waals surface area contributed by atoms with Gasteiger partial charge in [-0.1, -0.05) is 12.1 Å². The van der Waals surface area contributed by atoms with Crippen molar-refractivity contribution in [1.82, 2.24) is 5.32 Å². The number of thioether (sulfide) groups is 1. The van der Waals surface area contributed by atoms with Gasteiger partial charge in [0.1, 0.15) is 5.75 Å². The highest BCUT2D eigenvalue weighted by Gasteiger charge is 2.25. The smallest absolute Gasteiger partial charge is 0.119 e. The molecule has 2 unspecified atom stereocenters. The molecule has 1 heterocycles. The van der Waals surface area contributed by atoms with E-state index in [9.17, 15) is 0 Å². The molecule has 1 aliphatic rings. The highest BCUT2D eigenvalue weighted by atomic mass is 32.2. The number of rotatable bonds is 5. The summed E-state index contributed by atoms with van der Waals surface area (Å²) in [6.45, 7) is 4.11. The predicted molar refractivity (Wildman–Crippen MR) is 79.4 cm³/mol. The van der Waals surface area contributed by atoms with Crippen molar-refractivity contribution in [2.75, 3.05) is 18.6 Å². The number of hydrogen-bond donors (Lipinski definition) is 1. The standard InChI is InChI=1S/C15H23NOS/c1-11(2)17-14-6-4-12(5-7-14)15(16-3)13-8-9-18-10-13/h4-7,11,13,15-16H,8-10H2,1-3H3. The fraction of sp³-hybridized carbons (Fsp3) is 0.600. The van der Waals surface area contributed by atoms with Crippen molar-refractivity contribution in [3.8, 4) is 5.75 Å². The normalized spacial score (nSPS) is 21.2. The fourth-order valence-electron chi connectivity index (χ4n) is 2.52. The van der Waals surface area contributed by atoms with Gasteiger partial charge >= 0.3 is 0 Å². The zero-order valence-corrected chi connectivity index (χ0v) is 12.3. The molecule has 1 aromatic carbocycles. The van der Waals surface area contributed by atoms with Gasteiger partial charge < -0.3 is 10.1 Å². The van der Waals surface area contributed by atoms with Crippen LogP contribution < -0.4 is 10.1 Å². The minimum absolute atomic E-state index is 0.238. The van der Waals surface area contributed by atoms with Gasteiger partial charge in [0.15, 0.2) is 0 Å². The SMILES string of the molecule is CNC(c1ccc(OC(C)C)cc1)C1CCSC1. The topological polar surface area (TPSA) is 21.3 Å². The zero-order valence-electron chi connectivity index (χ0n) is 11.5. The van der Waals surface area contributed by atoms with Crippen molar-refractivity contribution in [1.29, 1.82) is 0 Å². The van der Waals surface area contributed by atoms with Crippen LogP contribution in [0, 0.1) is 5.92 Å². The van der Waals surface area contributed by atoms with E-state index in [0.29, 0.717) is 6.04 Å². The Balaban J connectivity index is 2.06. The van der Waals surface area contributed by atoms with Gasteiger partial charge in [-0.25, -0.2) is 0 Å². The number of benzene rings is 1. The van der Waals surface area contributed by atoms with E-state index >= 15 is 0 Å².